The molecule has 276 valence electrons. The van der Waals surface area contributed by atoms with Crippen molar-refractivity contribution in [3.05, 3.63) is 58.7 Å². The summed E-state index contributed by atoms with van der Waals surface area (Å²) in [6.45, 7) is 14.0. The first-order valence-electron chi connectivity index (χ1n) is 19.1. The lowest BCUT2D eigenvalue weighted by Crippen LogP contribution is -2.60. The van der Waals surface area contributed by atoms with Crippen molar-refractivity contribution in [1.29, 1.82) is 0 Å². The summed E-state index contributed by atoms with van der Waals surface area (Å²) in [5, 5.41) is 19.1. The predicted molar refractivity (Wildman–Crippen MR) is 199 cm³/mol. The molecule has 0 heterocycles. The fourth-order valence-electron chi connectivity index (χ4n) is 10.8. The summed E-state index contributed by atoms with van der Waals surface area (Å²) in [5.74, 6) is -0.757. The normalized spacial score (nSPS) is 32.3. The molecule has 4 amide bonds. The number of aromatic hydroxyl groups is 1. The molecular formula is C42H58N4O5. The molecule has 2 aromatic rings. The molecule has 6 N–H and O–H groups in total. The molecule has 4 aliphatic rings. The predicted octanol–water partition coefficient (Wildman–Crippen LogP) is 6.18. The Balaban J connectivity index is 1.20. The standard InChI is InChI=1S/C42H58N4O5/c1-24(2)34(43)36(49)44-25(3)35(48)45-28-14-10-26-12-16-32-39(4,30(26)22-28)18-8-20-41(32,6)37(50)46-38(51)42(7)21-9-19-40(5)31-23-29(47)15-11-27(31)13-17-33(40)42/h10-11,14-15,22-25,32-34,47H,8-9,12-13,16-21,43H2,1-7H3,(H,44,49)(H,45,48)(H,46,50,51)/t25?,32-,33-,34?,39-,40-,41+,42+/m1/s1. The molecule has 4 aliphatic carbocycles. The smallest absolute Gasteiger partial charge is 0.246 e. The van der Waals surface area contributed by atoms with Gasteiger partial charge in [0.15, 0.2) is 0 Å². The summed E-state index contributed by atoms with van der Waals surface area (Å²) in [7, 11) is 0. The molecule has 0 spiro atoms. The van der Waals surface area contributed by atoms with E-state index in [1.165, 1.54) is 11.1 Å². The number of imide groups is 1. The van der Waals surface area contributed by atoms with Crippen molar-refractivity contribution in [3.63, 3.8) is 0 Å². The van der Waals surface area contributed by atoms with Gasteiger partial charge in [-0.3, -0.25) is 24.5 Å². The van der Waals surface area contributed by atoms with Gasteiger partial charge in [0.05, 0.1) is 16.9 Å². The largest absolute Gasteiger partial charge is 0.508 e. The van der Waals surface area contributed by atoms with Crippen LogP contribution in [0.25, 0.3) is 0 Å². The summed E-state index contributed by atoms with van der Waals surface area (Å²) >= 11 is 0. The summed E-state index contributed by atoms with van der Waals surface area (Å²) < 4.78 is 0. The Labute approximate surface area is 303 Å². The zero-order valence-corrected chi connectivity index (χ0v) is 31.6. The van der Waals surface area contributed by atoms with Gasteiger partial charge in [0.25, 0.3) is 0 Å². The van der Waals surface area contributed by atoms with Crippen molar-refractivity contribution in [3.8, 4) is 5.75 Å². The van der Waals surface area contributed by atoms with Crippen molar-refractivity contribution in [2.75, 3.05) is 5.32 Å². The number of hydrogen-bond donors (Lipinski definition) is 5. The van der Waals surface area contributed by atoms with Crippen molar-refractivity contribution in [1.82, 2.24) is 10.6 Å². The second kappa shape index (κ2) is 13.4. The van der Waals surface area contributed by atoms with E-state index in [-0.39, 0.29) is 58.0 Å². The Hall–Kier alpha value is -3.72. The van der Waals surface area contributed by atoms with E-state index in [0.29, 0.717) is 12.1 Å². The van der Waals surface area contributed by atoms with Gasteiger partial charge >= 0.3 is 0 Å². The minimum Gasteiger partial charge on any atom is -0.508 e. The number of anilines is 1. The van der Waals surface area contributed by atoms with Gasteiger partial charge in [0.2, 0.25) is 23.6 Å². The Kier molecular flexibility index (Phi) is 9.70. The zero-order valence-electron chi connectivity index (χ0n) is 31.6. The van der Waals surface area contributed by atoms with Gasteiger partial charge in [-0.25, -0.2) is 0 Å². The van der Waals surface area contributed by atoms with Gasteiger partial charge in [-0.15, -0.1) is 0 Å². The number of hydrogen-bond acceptors (Lipinski definition) is 6. The van der Waals surface area contributed by atoms with E-state index >= 15 is 0 Å². The van der Waals surface area contributed by atoms with E-state index in [1.807, 2.05) is 45.0 Å². The van der Waals surface area contributed by atoms with Crippen molar-refractivity contribution in [2.24, 2.45) is 34.3 Å². The molecule has 8 atom stereocenters. The van der Waals surface area contributed by atoms with Crippen LogP contribution in [-0.4, -0.2) is 40.8 Å². The lowest BCUT2D eigenvalue weighted by Gasteiger charge is -2.56. The summed E-state index contributed by atoms with van der Waals surface area (Å²) in [4.78, 5) is 54.6. The molecule has 0 saturated heterocycles. The Bertz CT molecular complexity index is 1740. The summed E-state index contributed by atoms with van der Waals surface area (Å²) in [6.07, 6.45) is 8.39. The number of benzene rings is 2. The van der Waals surface area contributed by atoms with E-state index in [2.05, 4.69) is 42.8 Å². The Morgan fingerprint density at radius 2 is 1.25 bits per heavy atom. The maximum atomic E-state index is 14.5. The van der Waals surface area contributed by atoms with Gasteiger partial charge in [-0.1, -0.05) is 66.5 Å². The minimum atomic E-state index is -0.764. The highest BCUT2D eigenvalue weighted by Crippen LogP contribution is 2.59. The fraction of sp³-hybridized carbons (Fsp3) is 0.619. The maximum Gasteiger partial charge on any atom is 0.246 e. The highest BCUT2D eigenvalue weighted by atomic mass is 16.3. The van der Waals surface area contributed by atoms with E-state index in [1.54, 1.807) is 13.0 Å². The topological polar surface area (TPSA) is 151 Å². The third-order valence-corrected chi connectivity index (χ3v) is 14.0. The van der Waals surface area contributed by atoms with Crippen LogP contribution in [0.5, 0.6) is 5.75 Å². The molecule has 51 heavy (non-hydrogen) atoms. The zero-order chi connectivity index (χ0) is 37.1. The molecule has 2 aromatic carbocycles. The number of nitrogens with one attached hydrogen (secondary N) is 3. The molecule has 0 aromatic heterocycles. The van der Waals surface area contributed by atoms with Crippen LogP contribution >= 0.6 is 0 Å². The molecule has 0 radical (unpaired) electrons. The number of rotatable bonds is 7. The van der Waals surface area contributed by atoms with Gasteiger partial charge in [-0.2, -0.15) is 0 Å². The highest BCUT2D eigenvalue weighted by Gasteiger charge is 2.58. The first-order valence-corrected chi connectivity index (χ1v) is 19.1. The van der Waals surface area contributed by atoms with Gasteiger partial charge in [0, 0.05) is 5.69 Å². The van der Waals surface area contributed by atoms with Crippen molar-refractivity contribution in [2.45, 2.75) is 136 Å². The highest BCUT2D eigenvalue weighted by molar-refractivity contribution is 6.01. The lowest BCUT2D eigenvalue weighted by atomic mass is 9.49. The lowest BCUT2D eigenvalue weighted by molar-refractivity contribution is -0.150. The van der Waals surface area contributed by atoms with Crippen LogP contribution in [0, 0.1) is 28.6 Å². The van der Waals surface area contributed by atoms with E-state index in [0.717, 1.165) is 68.9 Å². The number of nitrogens with two attached hydrogens (primary N) is 1. The first kappa shape index (κ1) is 37.1. The van der Waals surface area contributed by atoms with Crippen LogP contribution in [-0.2, 0) is 42.8 Å². The van der Waals surface area contributed by atoms with Gasteiger partial charge < -0.3 is 21.5 Å². The molecule has 9 heteroatoms. The van der Waals surface area contributed by atoms with Crippen molar-refractivity contribution < 1.29 is 24.3 Å². The molecular weight excluding hydrogens is 640 g/mol. The third-order valence-electron chi connectivity index (χ3n) is 14.0. The van der Waals surface area contributed by atoms with Crippen LogP contribution in [0.3, 0.4) is 0 Å². The van der Waals surface area contributed by atoms with Crippen LogP contribution in [0.2, 0.25) is 0 Å². The van der Waals surface area contributed by atoms with Crippen LogP contribution in [0.15, 0.2) is 36.4 Å². The quantitative estimate of drug-likeness (QED) is 0.218. The number of fused-ring (bicyclic) bond motifs is 6. The maximum absolute atomic E-state index is 14.5. The average molecular weight is 699 g/mol. The van der Waals surface area contributed by atoms with Crippen molar-refractivity contribution >= 4 is 29.3 Å². The third kappa shape index (κ3) is 6.27. The monoisotopic (exact) mass is 698 g/mol. The van der Waals surface area contributed by atoms with Crippen LogP contribution in [0.4, 0.5) is 5.69 Å². The Morgan fingerprint density at radius 3 is 1.78 bits per heavy atom. The fourth-order valence-corrected chi connectivity index (χ4v) is 10.8. The minimum absolute atomic E-state index is 0.00898. The molecule has 6 rings (SSSR count). The van der Waals surface area contributed by atoms with E-state index in [9.17, 15) is 24.3 Å². The SMILES string of the molecule is CC(NC(=O)C(N)C(C)C)C(=O)Nc1ccc2c(c1)[C@@]1(C)CCC[C@](C)(C(=O)NC(=O)[C@@]3(C)CCC[C@]4(C)c5cc(O)ccc5CC[C@@H]34)[C@@H]1CC2. The summed E-state index contributed by atoms with van der Waals surface area (Å²) in [5.41, 5.74) is 9.35. The number of phenols is 1. The average Bonchev–Trinajstić information content (AvgIpc) is 3.08. The second-order valence-corrected chi connectivity index (χ2v) is 17.5. The van der Waals surface area contributed by atoms with Crippen LogP contribution in [0.1, 0.15) is 122 Å². The van der Waals surface area contributed by atoms with E-state index in [4.69, 9.17) is 5.73 Å². The van der Waals surface area contributed by atoms with Gasteiger partial charge in [0.1, 0.15) is 11.8 Å². The number of phenolic OH excluding ortho intramolecular Hbond substituents is 1. The second-order valence-electron chi connectivity index (χ2n) is 17.5. The number of carbonyl (C=O) groups is 4. The molecule has 0 aliphatic heterocycles. The van der Waals surface area contributed by atoms with E-state index < -0.39 is 22.9 Å². The Morgan fingerprint density at radius 1 is 0.745 bits per heavy atom. The molecule has 2 unspecified atom stereocenters. The van der Waals surface area contributed by atoms with Crippen LogP contribution < -0.4 is 21.7 Å². The summed E-state index contributed by atoms with van der Waals surface area (Å²) in [6, 6.07) is 10.2. The molecule has 0 bridgehead atoms. The molecule has 2 saturated carbocycles. The number of amides is 4. The first-order chi connectivity index (χ1) is 23.9. The molecule has 2 fully saturated rings. The number of aryl methyl sites for hydroxylation is 2. The number of carbonyl (C=O) groups excluding carboxylic acids is 4. The molecule has 9 nitrogen and oxygen atoms in total. The van der Waals surface area contributed by atoms with Gasteiger partial charge in [-0.05, 0) is 133 Å².